The summed E-state index contributed by atoms with van der Waals surface area (Å²) < 4.78 is 2.25. The van der Waals surface area contributed by atoms with Gasteiger partial charge in [0.1, 0.15) is 5.82 Å². The van der Waals surface area contributed by atoms with Crippen LogP contribution in [0.4, 0.5) is 0 Å². The molecule has 5 heteroatoms. The quantitative estimate of drug-likeness (QED) is 0.616. The molecule has 1 aliphatic rings. The van der Waals surface area contributed by atoms with Crippen LogP contribution in [0.1, 0.15) is 44.9 Å². The normalized spacial score (nSPS) is 17.7. The van der Waals surface area contributed by atoms with Crippen LogP contribution in [-0.4, -0.2) is 9.55 Å². The van der Waals surface area contributed by atoms with Crippen LogP contribution < -0.4 is 0 Å². The number of halogens is 3. The molecule has 0 spiro atoms. The highest BCUT2D eigenvalue weighted by Crippen LogP contribution is 2.43. The highest BCUT2D eigenvalue weighted by molar-refractivity contribution is 6.42. The topological polar surface area (TPSA) is 17.8 Å². The van der Waals surface area contributed by atoms with Gasteiger partial charge >= 0.3 is 0 Å². The number of rotatable bonds is 4. The molecular formula is C16H19Cl3N2. The number of hydrogen-bond acceptors (Lipinski definition) is 1. The molecule has 1 saturated carbocycles. The zero-order chi connectivity index (χ0) is 15.0. The first kappa shape index (κ1) is 15.5. The lowest BCUT2D eigenvalue weighted by molar-refractivity contribution is 0.238. The van der Waals surface area contributed by atoms with Gasteiger partial charge in [-0.3, -0.25) is 0 Å². The van der Waals surface area contributed by atoms with Gasteiger partial charge in [0.2, 0.25) is 0 Å². The number of nitrogens with zero attached hydrogens (tertiary/aromatic N) is 2. The number of alkyl halides is 1. The monoisotopic (exact) mass is 344 g/mol. The van der Waals surface area contributed by atoms with E-state index in [0.29, 0.717) is 21.3 Å². The van der Waals surface area contributed by atoms with Gasteiger partial charge in [0.05, 0.1) is 27.0 Å². The van der Waals surface area contributed by atoms with E-state index in [9.17, 15) is 0 Å². The van der Waals surface area contributed by atoms with Crippen LogP contribution in [-0.2, 0) is 12.4 Å². The number of imidazole rings is 1. The fourth-order valence-electron chi connectivity index (χ4n) is 3.53. The standard InChI is InChI=1S/C16H19Cl3N2/c1-2-16(5-3-4-6-16)10-21-14-8-12(19)11(18)7-13(14)20-15(21)9-17/h7-8H,2-6,9-10H2,1H3. The average Bonchev–Trinajstić information content (AvgIpc) is 3.07. The maximum atomic E-state index is 6.19. The molecular weight excluding hydrogens is 327 g/mol. The number of hydrogen-bond donors (Lipinski definition) is 0. The lowest BCUT2D eigenvalue weighted by Gasteiger charge is -2.29. The summed E-state index contributed by atoms with van der Waals surface area (Å²) >= 11 is 18.4. The minimum absolute atomic E-state index is 0.376. The van der Waals surface area contributed by atoms with Crippen molar-refractivity contribution >= 4 is 45.8 Å². The van der Waals surface area contributed by atoms with Crippen molar-refractivity contribution in [2.75, 3.05) is 0 Å². The van der Waals surface area contributed by atoms with Crippen LogP contribution in [0.5, 0.6) is 0 Å². The van der Waals surface area contributed by atoms with E-state index in [1.807, 2.05) is 12.1 Å². The predicted octanol–water partition coefficient (Wildman–Crippen LogP) is 6.05. The summed E-state index contributed by atoms with van der Waals surface area (Å²) in [4.78, 5) is 4.63. The molecule has 2 aromatic rings. The third-order valence-corrected chi connectivity index (χ3v) is 5.86. The molecule has 1 heterocycles. The van der Waals surface area contributed by atoms with Crippen LogP contribution in [0.15, 0.2) is 12.1 Å². The highest BCUT2D eigenvalue weighted by atomic mass is 35.5. The van der Waals surface area contributed by atoms with Crippen molar-refractivity contribution in [1.82, 2.24) is 9.55 Å². The van der Waals surface area contributed by atoms with Gasteiger partial charge in [-0.2, -0.15) is 0 Å². The van der Waals surface area contributed by atoms with E-state index in [2.05, 4.69) is 16.5 Å². The van der Waals surface area contributed by atoms with E-state index in [1.165, 1.54) is 32.1 Å². The number of aromatic nitrogens is 2. The molecule has 0 aliphatic heterocycles. The molecule has 0 bridgehead atoms. The largest absolute Gasteiger partial charge is 0.326 e. The summed E-state index contributed by atoms with van der Waals surface area (Å²) in [5.41, 5.74) is 2.30. The lowest BCUT2D eigenvalue weighted by atomic mass is 9.83. The zero-order valence-corrected chi connectivity index (χ0v) is 14.4. The molecule has 0 amide bonds. The SMILES string of the molecule is CCC1(Cn2c(CCl)nc3cc(Cl)c(Cl)cc32)CCCC1. The first-order chi connectivity index (χ1) is 10.1. The Kier molecular flexibility index (Phi) is 4.40. The van der Waals surface area contributed by atoms with Crippen molar-refractivity contribution < 1.29 is 0 Å². The number of fused-ring (bicyclic) bond motifs is 1. The Morgan fingerprint density at radius 3 is 2.48 bits per heavy atom. The molecule has 114 valence electrons. The predicted molar refractivity (Wildman–Crippen MR) is 90.5 cm³/mol. The summed E-state index contributed by atoms with van der Waals surface area (Å²) in [5.74, 6) is 1.31. The summed E-state index contributed by atoms with van der Waals surface area (Å²) in [5, 5.41) is 1.12. The maximum absolute atomic E-state index is 6.19. The van der Waals surface area contributed by atoms with Gasteiger partial charge in [-0.25, -0.2) is 4.98 Å². The van der Waals surface area contributed by atoms with Crippen molar-refractivity contribution in [1.29, 1.82) is 0 Å². The fourth-order valence-corrected chi connectivity index (χ4v) is 4.05. The smallest absolute Gasteiger partial charge is 0.124 e. The Hall–Kier alpha value is -0.440. The summed E-state index contributed by atoms with van der Waals surface area (Å²) in [6, 6.07) is 3.75. The van der Waals surface area contributed by atoms with Crippen molar-refractivity contribution in [3.63, 3.8) is 0 Å². The molecule has 1 fully saturated rings. The fraction of sp³-hybridized carbons (Fsp3) is 0.562. The van der Waals surface area contributed by atoms with Gasteiger partial charge in [-0.05, 0) is 36.8 Å². The maximum Gasteiger partial charge on any atom is 0.124 e. The van der Waals surface area contributed by atoms with E-state index >= 15 is 0 Å². The second kappa shape index (κ2) is 5.98. The molecule has 0 unspecified atom stereocenters. The van der Waals surface area contributed by atoms with Gasteiger partial charge in [-0.15, -0.1) is 11.6 Å². The summed E-state index contributed by atoms with van der Waals surface area (Å²) in [6.07, 6.45) is 6.40. The third-order valence-electron chi connectivity index (χ3n) is 4.90. The zero-order valence-electron chi connectivity index (χ0n) is 12.1. The number of benzene rings is 1. The Labute approximate surface area is 140 Å². The van der Waals surface area contributed by atoms with Crippen molar-refractivity contribution in [2.24, 2.45) is 5.41 Å². The Balaban J connectivity index is 2.09. The van der Waals surface area contributed by atoms with Crippen molar-refractivity contribution in [3.05, 3.63) is 28.0 Å². The summed E-state index contributed by atoms with van der Waals surface area (Å²) in [7, 11) is 0. The first-order valence-electron chi connectivity index (χ1n) is 7.49. The minimum atomic E-state index is 0.376. The van der Waals surface area contributed by atoms with Crippen LogP contribution in [0.2, 0.25) is 10.0 Å². The van der Waals surface area contributed by atoms with Gasteiger partial charge in [0, 0.05) is 6.54 Å². The van der Waals surface area contributed by atoms with E-state index in [4.69, 9.17) is 34.8 Å². The molecule has 21 heavy (non-hydrogen) atoms. The molecule has 0 radical (unpaired) electrons. The molecule has 0 saturated heterocycles. The Morgan fingerprint density at radius 1 is 1.19 bits per heavy atom. The summed E-state index contributed by atoms with van der Waals surface area (Å²) in [6.45, 7) is 3.26. The van der Waals surface area contributed by atoms with Crippen LogP contribution in [0, 0.1) is 5.41 Å². The van der Waals surface area contributed by atoms with E-state index in [-0.39, 0.29) is 0 Å². The van der Waals surface area contributed by atoms with Gasteiger partial charge in [-0.1, -0.05) is 43.0 Å². The van der Waals surface area contributed by atoms with Gasteiger partial charge < -0.3 is 4.57 Å². The van der Waals surface area contributed by atoms with E-state index < -0.39 is 0 Å². The van der Waals surface area contributed by atoms with Gasteiger partial charge in [0.15, 0.2) is 0 Å². The van der Waals surface area contributed by atoms with E-state index in [1.54, 1.807) is 0 Å². The second-order valence-corrected chi connectivity index (χ2v) is 7.15. The van der Waals surface area contributed by atoms with Crippen LogP contribution in [0.25, 0.3) is 11.0 Å². The average molecular weight is 346 g/mol. The molecule has 1 aliphatic carbocycles. The first-order valence-corrected chi connectivity index (χ1v) is 8.78. The van der Waals surface area contributed by atoms with E-state index in [0.717, 1.165) is 23.4 Å². The van der Waals surface area contributed by atoms with Crippen LogP contribution >= 0.6 is 34.8 Å². The lowest BCUT2D eigenvalue weighted by Crippen LogP contribution is -2.23. The third kappa shape index (κ3) is 2.78. The molecule has 0 N–H and O–H groups in total. The molecule has 1 aromatic heterocycles. The van der Waals surface area contributed by atoms with Crippen LogP contribution in [0.3, 0.4) is 0 Å². The van der Waals surface area contributed by atoms with Crippen molar-refractivity contribution in [2.45, 2.75) is 51.5 Å². The minimum Gasteiger partial charge on any atom is -0.326 e. The highest BCUT2D eigenvalue weighted by Gasteiger charge is 2.33. The van der Waals surface area contributed by atoms with Gasteiger partial charge in [0.25, 0.3) is 0 Å². The second-order valence-electron chi connectivity index (χ2n) is 6.06. The Morgan fingerprint density at radius 2 is 1.86 bits per heavy atom. The molecule has 3 rings (SSSR count). The molecule has 2 nitrogen and oxygen atoms in total. The molecule has 1 aromatic carbocycles. The molecule has 0 atom stereocenters. The Bertz CT molecular complexity index is 657. The van der Waals surface area contributed by atoms with Crippen molar-refractivity contribution in [3.8, 4) is 0 Å².